The van der Waals surface area contributed by atoms with Gasteiger partial charge in [0, 0.05) is 13.6 Å². The minimum atomic E-state index is -0.117. The molecule has 0 bridgehead atoms. The Hall–Kier alpha value is -1.20. The van der Waals surface area contributed by atoms with Gasteiger partial charge in [-0.1, -0.05) is 11.6 Å². The van der Waals surface area contributed by atoms with Gasteiger partial charge in [0.2, 0.25) is 0 Å². The standard InChI is InChI=1S/C13H19ClN4O/c1-17-5-3-10(4-6-17)9-18(2)13(19)11-7-15-8-12(14)16-11/h7-8,10H,3-6,9H2,1-2H3. The van der Waals surface area contributed by atoms with E-state index in [-0.39, 0.29) is 11.1 Å². The lowest BCUT2D eigenvalue weighted by atomic mass is 9.96. The van der Waals surface area contributed by atoms with Crippen molar-refractivity contribution in [3.05, 3.63) is 23.2 Å². The average Bonchev–Trinajstić information content (AvgIpc) is 2.40. The van der Waals surface area contributed by atoms with Gasteiger partial charge < -0.3 is 9.80 Å². The largest absolute Gasteiger partial charge is 0.340 e. The van der Waals surface area contributed by atoms with E-state index in [0.717, 1.165) is 32.5 Å². The molecule has 0 radical (unpaired) electrons. The Morgan fingerprint density at radius 1 is 1.47 bits per heavy atom. The molecule has 0 N–H and O–H groups in total. The highest BCUT2D eigenvalue weighted by atomic mass is 35.5. The molecular formula is C13H19ClN4O. The first-order valence-corrected chi connectivity index (χ1v) is 6.85. The summed E-state index contributed by atoms with van der Waals surface area (Å²) >= 11 is 5.75. The highest BCUT2D eigenvalue weighted by Crippen LogP contribution is 2.17. The third kappa shape index (κ3) is 3.88. The third-order valence-corrected chi connectivity index (χ3v) is 3.72. The Bertz CT molecular complexity index is 446. The van der Waals surface area contributed by atoms with Crippen LogP contribution in [0.5, 0.6) is 0 Å². The zero-order chi connectivity index (χ0) is 13.8. The summed E-state index contributed by atoms with van der Waals surface area (Å²) in [5, 5.41) is 0.249. The minimum absolute atomic E-state index is 0.117. The molecule has 1 aliphatic heterocycles. The highest BCUT2D eigenvalue weighted by molar-refractivity contribution is 6.29. The number of halogens is 1. The smallest absolute Gasteiger partial charge is 0.273 e. The van der Waals surface area contributed by atoms with E-state index in [1.807, 2.05) is 7.05 Å². The van der Waals surface area contributed by atoms with Crippen molar-refractivity contribution in [2.75, 3.05) is 33.7 Å². The predicted octanol–water partition coefficient (Wildman–Crippen LogP) is 1.54. The number of carbonyl (C=O) groups is 1. The number of aromatic nitrogens is 2. The van der Waals surface area contributed by atoms with Gasteiger partial charge in [-0.05, 0) is 38.9 Å². The quantitative estimate of drug-likeness (QED) is 0.844. The molecule has 1 fully saturated rings. The molecule has 1 aromatic rings. The Morgan fingerprint density at radius 2 is 2.16 bits per heavy atom. The number of hydrogen-bond acceptors (Lipinski definition) is 4. The maximum absolute atomic E-state index is 12.2. The molecule has 0 aliphatic carbocycles. The highest BCUT2D eigenvalue weighted by Gasteiger charge is 2.21. The summed E-state index contributed by atoms with van der Waals surface area (Å²) in [6, 6.07) is 0. The van der Waals surface area contributed by atoms with E-state index in [2.05, 4.69) is 21.9 Å². The number of hydrogen-bond donors (Lipinski definition) is 0. The number of nitrogens with zero attached hydrogens (tertiary/aromatic N) is 4. The van der Waals surface area contributed by atoms with Crippen LogP contribution in [-0.2, 0) is 0 Å². The zero-order valence-corrected chi connectivity index (χ0v) is 12.1. The summed E-state index contributed by atoms with van der Waals surface area (Å²) < 4.78 is 0. The van der Waals surface area contributed by atoms with Crippen LogP contribution in [0.2, 0.25) is 5.15 Å². The monoisotopic (exact) mass is 282 g/mol. The number of likely N-dealkylation sites (tertiary alicyclic amines) is 1. The van der Waals surface area contributed by atoms with Gasteiger partial charge in [0.25, 0.3) is 5.91 Å². The van der Waals surface area contributed by atoms with E-state index in [9.17, 15) is 4.79 Å². The van der Waals surface area contributed by atoms with E-state index in [4.69, 9.17) is 11.6 Å². The van der Waals surface area contributed by atoms with Crippen LogP contribution < -0.4 is 0 Å². The molecule has 1 aromatic heterocycles. The molecular weight excluding hydrogens is 264 g/mol. The van der Waals surface area contributed by atoms with E-state index >= 15 is 0 Å². The van der Waals surface area contributed by atoms with Crippen molar-refractivity contribution in [1.82, 2.24) is 19.8 Å². The van der Waals surface area contributed by atoms with Gasteiger partial charge in [0.05, 0.1) is 12.4 Å². The second-order valence-corrected chi connectivity index (χ2v) is 5.55. The molecule has 6 heteroatoms. The van der Waals surface area contributed by atoms with Crippen LogP contribution in [0.1, 0.15) is 23.3 Å². The van der Waals surface area contributed by atoms with Crippen LogP contribution in [0, 0.1) is 5.92 Å². The second kappa shape index (κ2) is 6.30. The average molecular weight is 283 g/mol. The molecule has 1 amide bonds. The summed E-state index contributed by atoms with van der Waals surface area (Å²) in [6.07, 6.45) is 5.15. The van der Waals surface area contributed by atoms with Crippen molar-refractivity contribution in [2.24, 2.45) is 5.92 Å². The van der Waals surface area contributed by atoms with Gasteiger partial charge >= 0.3 is 0 Å². The van der Waals surface area contributed by atoms with Gasteiger partial charge in [-0.3, -0.25) is 9.78 Å². The number of amides is 1. The van der Waals surface area contributed by atoms with Crippen LogP contribution in [-0.4, -0.2) is 59.4 Å². The van der Waals surface area contributed by atoms with E-state index in [1.165, 1.54) is 12.4 Å². The lowest BCUT2D eigenvalue weighted by Gasteiger charge is -2.31. The zero-order valence-electron chi connectivity index (χ0n) is 11.3. The van der Waals surface area contributed by atoms with Crippen LogP contribution in [0.15, 0.2) is 12.4 Å². The van der Waals surface area contributed by atoms with Gasteiger partial charge in [-0.15, -0.1) is 0 Å². The van der Waals surface area contributed by atoms with Crippen molar-refractivity contribution >= 4 is 17.5 Å². The molecule has 0 atom stereocenters. The van der Waals surface area contributed by atoms with Gasteiger partial charge in [0.1, 0.15) is 10.8 Å². The SMILES string of the molecule is CN1CCC(CN(C)C(=O)c2cncc(Cl)n2)CC1. The van der Waals surface area contributed by atoms with Gasteiger partial charge in [0.15, 0.2) is 0 Å². The Morgan fingerprint density at radius 3 is 2.79 bits per heavy atom. The molecule has 0 aromatic carbocycles. The van der Waals surface area contributed by atoms with E-state index < -0.39 is 0 Å². The molecule has 0 saturated carbocycles. The molecule has 19 heavy (non-hydrogen) atoms. The molecule has 0 unspecified atom stereocenters. The van der Waals surface area contributed by atoms with Crippen molar-refractivity contribution in [3.8, 4) is 0 Å². The summed E-state index contributed by atoms with van der Waals surface area (Å²) in [7, 11) is 3.94. The first kappa shape index (κ1) is 14.2. The van der Waals surface area contributed by atoms with Gasteiger partial charge in [-0.25, -0.2) is 4.98 Å². The van der Waals surface area contributed by atoms with Crippen LogP contribution in [0.25, 0.3) is 0 Å². The molecule has 2 heterocycles. The van der Waals surface area contributed by atoms with E-state index in [0.29, 0.717) is 11.6 Å². The maximum Gasteiger partial charge on any atom is 0.273 e. The number of piperidine rings is 1. The van der Waals surface area contributed by atoms with E-state index in [1.54, 1.807) is 4.90 Å². The van der Waals surface area contributed by atoms with Gasteiger partial charge in [-0.2, -0.15) is 0 Å². The summed E-state index contributed by atoms with van der Waals surface area (Å²) in [5.41, 5.74) is 0.308. The minimum Gasteiger partial charge on any atom is -0.340 e. The molecule has 2 rings (SSSR count). The fraction of sp³-hybridized carbons (Fsp3) is 0.615. The first-order valence-electron chi connectivity index (χ1n) is 6.48. The van der Waals surface area contributed by atoms with Crippen LogP contribution in [0.4, 0.5) is 0 Å². The summed E-state index contributed by atoms with van der Waals surface area (Å²) in [6.45, 7) is 2.97. The van der Waals surface area contributed by atoms with Crippen molar-refractivity contribution < 1.29 is 4.79 Å². The predicted molar refractivity (Wildman–Crippen MR) is 74.2 cm³/mol. The fourth-order valence-electron chi connectivity index (χ4n) is 2.36. The lowest BCUT2D eigenvalue weighted by Crippen LogP contribution is -2.38. The topological polar surface area (TPSA) is 49.3 Å². The van der Waals surface area contributed by atoms with Crippen LogP contribution in [0.3, 0.4) is 0 Å². The number of rotatable bonds is 3. The summed E-state index contributed by atoms with van der Waals surface area (Å²) in [4.78, 5) is 24.1. The van der Waals surface area contributed by atoms with Crippen molar-refractivity contribution in [3.63, 3.8) is 0 Å². The summed E-state index contributed by atoms with van der Waals surface area (Å²) in [5.74, 6) is 0.450. The normalized spacial score (nSPS) is 17.4. The lowest BCUT2D eigenvalue weighted by molar-refractivity contribution is 0.0741. The maximum atomic E-state index is 12.2. The first-order chi connectivity index (χ1) is 9.06. The number of carbonyl (C=O) groups excluding carboxylic acids is 1. The Balaban J connectivity index is 1.92. The molecule has 104 valence electrons. The fourth-order valence-corrected chi connectivity index (χ4v) is 2.50. The molecule has 0 spiro atoms. The molecule has 1 saturated heterocycles. The second-order valence-electron chi connectivity index (χ2n) is 5.16. The Labute approximate surface area is 118 Å². The van der Waals surface area contributed by atoms with Crippen molar-refractivity contribution in [1.29, 1.82) is 0 Å². The molecule has 1 aliphatic rings. The third-order valence-electron chi connectivity index (χ3n) is 3.54. The van der Waals surface area contributed by atoms with Crippen molar-refractivity contribution in [2.45, 2.75) is 12.8 Å². The molecule has 5 nitrogen and oxygen atoms in total. The van der Waals surface area contributed by atoms with Crippen LogP contribution >= 0.6 is 11.6 Å². The Kier molecular flexibility index (Phi) is 4.71.